The predicted molar refractivity (Wildman–Crippen MR) is 109 cm³/mol. The van der Waals surface area contributed by atoms with E-state index in [-0.39, 0.29) is 19.0 Å². The summed E-state index contributed by atoms with van der Waals surface area (Å²) in [6, 6.07) is 12.4. The Morgan fingerprint density at radius 2 is 1.76 bits per heavy atom. The standard InChI is InChI=1S/C21H23N3O5/c1-4-29-18-11-14(9-10-17(18)28-3)12-22-19(25)13-24-16-8-6-5-7-15(16)23(2)20(26)21(24)27/h5-11H,4,12-13H2,1-3H3,(H,22,25). The van der Waals surface area contributed by atoms with Gasteiger partial charge in [0.05, 0.1) is 24.8 Å². The summed E-state index contributed by atoms with van der Waals surface area (Å²) in [5.74, 6) is 0.829. The average Bonchev–Trinajstić information content (AvgIpc) is 2.74. The first-order chi connectivity index (χ1) is 14.0. The van der Waals surface area contributed by atoms with E-state index in [0.29, 0.717) is 29.1 Å². The summed E-state index contributed by atoms with van der Waals surface area (Å²) in [5, 5.41) is 2.78. The van der Waals surface area contributed by atoms with Gasteiger partial charge in [-0.25, -0.2) is 0 Å². The minimum absolute atomic E-state index is 0.246. The second-order valence-electron chi connectivity index (χ2n) is 6.44. The van der Waals surface area contributed by atoms with E-state index in [1.807, 2.05) is 13.0 Å². The third kappa shape index (κ3) is 4.16. The first-order valence-electron chi connectivity index (χ1n) is 9.21. The number of hydrogen-bond donors (Lipinski definition) is 1. The molecule has 0 spiro atoms. The smallest absolute Gasteiger partial charge is 0.317 e. The van der Waals surface area contributed by atoms with Crippen LogP contribution in [0.2, 0.25) is 0 Å². The molecule has 1 N–H and O–H groups in total. The molecule has 3 rings (SSSR count). The summed E-state index contributed by atoms with van der Waals surface area (Å²) >= 11 is 0. The van der Waals surface area contributed by atoms with Crippen molar-refractivity contribution in [3.8, 4) is 11.5 Å². The minimum Gasteiger partial charge on any atom is -0.493 e. The normalized spacial score (nSPS) is 10.7. The Morgan fingerprint density at radius 1 is 1.03 bits per heavy atom. The Bertz CT molecular complexity index is 1160. The molecule has 0 radical (unpaired) electrons. The lowest BCUT2D eigenvalue weighted by atomic mass is 10.2. The number of aromatic nitrogens is 2. The maximum Gasteiger partial charge on any atom is 0.317 e. The predicted octanol–water partition coefficient (Wildman–Crippen LogP) is 1.42. The highest BCUT2D eigenvalue weighted by molar-refractivity contribution is 5.80. The van der Waals surface area contributed by atoms with E-state index in [2.05, 4.69) is 5.32 Å². The van der Waals surface area contributed by atoms with Crippen LogP contribution in [0.5, 0.6) is 11.5 Å². The molecule has 152 valence electrons. The van der Waals surface area contributed by atoms with Crippen LogP contribution in [-0.2, 0) is 24.9 Å². The number of ether oxygens (including phenoxy) is 2. The fourth-order valence-electron chi connectivity index (χ4n) is 3.11. The lowest BCUT2D eigenvalue weighted by Gasteiger charge is -2.13. The molecular weight excluding hydrogens is 374 g/mol. The zero-order valence-corrected chi connectivity index (χ0v) is 16.6. The Labute approximate surface area is 167 Å². The summed E-state index contributed by atoms with van der Waals surface area (Å²) in [6.45, 7) is 2.37. The molecule has 0 saturated carbocycles. The van der Waals surface area contributed by atoms with Crippen LogP contribution in [0.25, 0.3) is 11.0 Å². The number of fused-ring (bicyclic) bond motifs is 1. The van der Waals surface area contributed by atoms with Crippen molar-refractivity contribution in [2.75, 3.05) is 13.7 Å². The lowest BCUT2D eigenvalue weighted by molar-refractivity contribution is -0.121. The second-order valence-corrected chi connectivity index (χ2v) is 6.44. The maximum absolute atomic E-state index is 12.5. The van der Waals surface area contributed by atoms with Gasteiger partial charge in [-0.1, -0.05) is 18.2 Å². The summed E-state index contributed by atoms with van der Waals surface area (Å²) in [5.41, 5.74) is 0.528. The van der Waals surface area contributed by atoms with Crippen LogP contribution in [0.4, 0.5) is 0 Å². The van der Waals surface area contributed by atoms with Crippen molar-refractivity contribution in [3.63, 3.8) is 0 Å². The van der Waals surface area contributed by atoms with Crippen LogP contribution in [0.3, 0.4) is 0 Å². The van der Waals surface area contributed by atoms with E-state index < -0.39 is 11.1 Å². The van der Waals surface area contributed by atoms with Crippen molar-refractivity contribution < 1.29 is 14.3 Å². The molecule has 0 aliphatic heterocycles. The van der Waals surface area contributed by atoms with Crippen molar-refractivity contribution in [1.82, 2.24) is 14.5 Å². The summed E-state index contributed by atoms with van der Waals surface area (Å²) in [7, 11) is 3.10. The Kier molecular flexibility index (Phi) is 6.01. The van der Waals surface area contributed by atoms with Gasteiger partial charge in [-0.15, -0.1) is 0 Å². The maximum atomic E-state index is 12.5. The monoisotopic (exact) mass is 397 g/mol. The molecule has 0 saturated heterocycles. The van der Waals surface area contributed by atoms with Gasteiger partial charge in [-0.05, 0) is 36.8 Å². The van der Waals surface area contributed by atoms with Crippen LogP contribution in [-0.4, -0.2) is 28.8 Å². The summed E-state index contributed by atoms with van der Waals surface area (Å²) in [6.07, 6.45) is 0. The van der Waals surface area contributed by atoms with Gasteiger partial charge in [0.2, 0.25) is 5.91 Å². The third-order valence-electron chi connectivity index (χ3n) is 4.59. The highest BCUT2D eigenvalue weighted by Crippen LogP contribution is 2.27. The summed E-state index contributed by atoms with van der Waals surface area (Å²) in [4.78, 5) is 37.1. The molecule has 0 aliphatic rings. The van der Waals surface area contributed by atoms with Crippen LogP contribution in [0.1, 0.15) is 12.5 Å². The van der Waals surface area contributed by atoms with Crippen molar-refractivity contribution in [2.45, 2.75) is 20.0 Å². The zero-order valence-electron chi connectivity index (χ0n) is 16.6. The fourth-order valence-corrected chi connectivity index (χ4v) is 3.11. The van der Waals surface area contributed by atoms with E-state index >= 15 is 0 Å². The number of rotatable bonds is 7. The number of benzene rings is 2. The SMILES string of the molecule is CCOc1cc(CNC(=O)Cn2c(=O)c(=O)n(C)c3ccccc32)ccc1OC. The van der Waals surface area contributed by atoms with Gasteiger partial charge in [0, 0.05) is 13.6 Å². The van der Waals surface area contributed by atoms with Gasteiger partial charge >= 0.3 is 11.1 Å². The minimum atomic E-state index is -0.732. The first-order valence-corrected chi connectivity index (χ1v) is 9.21. The Hall–Kier alpha value is -3.55. The van der Waals surface area contributed by atoms with Gasteiger partial charge in [0.25, 0.3) is 0 Å². The van der Waals surface area contributed by atoms with E-state index in [1.165, 1.54) is 16.2 Å². The molecule has 0 aliphatic carbocycles. The third-order valence-corrected chi connectivity index (χ3v) is 4.59. The number of carbonyl (C=O) groups is 1. The molecule has 0 bridgehead atoms. The van der Waals surface area contributed by atoms with Crippen LogP contribution in [0.15, 0.2) is 52.1 Å². The molecule has 2 aromatic carbocycles. The van der Waals surface area contributed by atoms with E-state index in [9.17, 15) is 14.4 Å². The number of nitrogens with one attached hydrogen (secondary N) is 1. The largest absolute Gasteiger partial charge is 0.493 e. The molecule has 1 amide bonds. The van der Waals surface area contributed by atoms with Crippen molar-refractivity contribution >= 4 is 16.9 Å². The molecule has 1 aromatic heterocycles. The van der Waals surface area contributed by atoms with Gasteiger partial charge < -0.3 is 19.4 Å². The quantitative estimate of drug-likeness (QED) is 0.609. The van der Waals surface area contributed by atoms with Gasteiger partial charge in [-0.2, -0.15) is 0 Å². The number of methoxy groups -OCH3 is 1. The highest BCUT2D eigenvalue weighted by Gasteiger charge is 2.13. The van der Waals surface area contributed by atoms with Crippen molar-refractivity contribution in [2.24, 2.45) is 7.05 Å². The lowest BCUT2D eigenvalue weighted by Crippen LogP contribution is -2.43. The summed E-state index contributed by atoms with van der Waals surface area (Å²) < 4.78 is 13.3. The molecule has 3 aromatic rings. The van der Waals surface area contributed by atoms with Crippen LogP contribution in [0, 0.1) is 0 Å². The van der Waals surface area contributed by atoms with Crippen LogP contribution >= 0.6 is 0 Å². The molecule has 1 heterocycles. The number of nitrogens with zero attached hydrogens (tertiary/aromatic N) is 2. The zero-order chi connectivity index (χ0) is 21.0. The second kappa shape index (κ2) is 8.64. The molecule has 0 unspecified atom stereocenters. The molecule has 8 nitrogen and oxygen atoms in total. The number of amides is 1. The van der Waals surface area contributed by atoms with E-state index in [0.717, 1.165) is 5.56 Å². The Balaban J connectivity index is 1.80. The molecular formula is C21H23N3O5. The fraction of sp³-hybridized carbons (Fsp3) is 0.286. The topological polar surface area (TPSA) is 91.6 Å². The first kappa shape index (κ1) is 20.2. The number of carbonyl (C=O) groups excluding carboxylic acids is 1. The van der Waals surface area contributed by atoms with Gasteiger partial charge in [0.15, 0.2) is 11.5 Å². The van der Waals surface area contributed by atoms with Crippen LogP contribution < -0.4 is 25.9 Å². The average molecular weight is 397 g/mol. The number of aryl methyl sites for hydroxylation is 1. The van der Waals surface area contributed by atoms with Crippen molar-refractivity contribution in [1.29, 1.82) is 0 Å². The van der Waals surface area contributed by atoms with Gasteiger partial charge in [0.1, 0.15) is 6.54 Å². The molecule has 0 atom stereocenters. The Morgan fingerprint density at radius 3 is 2.45 bits per heavy atom. The highest BCUT2D eigenvalue weighted by atomic mass is 16.5. The molecule has 29 heavy (non-hydrogen) atoms. The van der Waals surface area contributed by atoms with Crippen molar-refractivity contribution in [3.05, 3.63) is 68.7 Å². The number of hydrogen-bond acceptors (Lipinski definition) is 5. The molecule has 0 fully saturated rings. The van der Waals surface area contributed by atoms with E-state index in [4.69, 9.17) is 9.47 Å². The van der Waals surface area contributed by atoms with Gasteiger partial charge in [-0.3, -0.25) is 19.0 Å². The molecule has 8 heteroatoms. The van der Waals surface area contributed by atoms with E-state index in [1.54, 1.807) is 43.5 Å². The number of para-hydroxylation sites is 2.